The van der Waals surface area contributed by atoms with Crippen molar-refractivity contribution in [1.29, 1.82) is 0 Å². The van der Waals surface area contributed by atoms with Crippen molar-refractivity contribution in [3.05, 3.63) is 51.7 Å². The highest BCUT2D eigenvalue weighted by Crippen LogP contribution is 2.16. The second-order valence-corrected chi connectivity index (χ2v) is 7.98. The lowest BCUT2D eigenvalue weighted by Gasteiger charge is -2.22. The van der Waals surface area contributed by atoms with Gasteiger partial charge in [0, 0.05) is 28.6 Å². The predicted octanol–water partition coefficient (Wildman–Crippen LogP) is 2.26. The first-order valence-corrected chi connectivity index (χ1v) is 10.0. The number of benzene rings is 1. The lowest BCUT2D eigenvalue weighted by atomic mass is 10.3. The molecule has 0 radical (unpaired) electrons. The first kappa shape index (κ1) is 21.0. The number of thiophene rings is 1. The molecule has 29 heavy (non-hydrogen) atoms. The van der Waals surface area contributed by atoms with Crippen molar-refractivity contribution in [2.45, 2.75) is 6.42 Å². The number of nitrogens with one attached hydrogen (secondary N) is 1. The summed E-state index contributed by atoms with van der Waals surface area (Å²) in [6.45, 7) is -0.0861. The molecule has 0 unspecified atom stereocenters. The van der Waals surface area contributed by atoms with Gasteiger partial charge in [0.25, 0.3) is 0 Å². The Labute approximate surface area is 176 Å². The fourth-order valence-electron chi connectivity index (χ4n) is 2.82. The van der Waals surface area contributed by atoms with E-state index in [4.69, 9.17) is 11.6 Å². The van der Waals surface area contributed by atoms with Crippen molar-refractivity contribution in [2.75, 3.05) is 32.1 Å². The maximum absolute atomic E-state index is 12.5. The minimum atomic E-state index is -0.883. The molecule has 1 N–H and O–H groups in total. The number of hydrogen-bond acceptors (Lipinski definition) is 6. The summed E-state index contributed by atoms with van der Waals surface area (Å²) in [6.07, 6.45) is 0.496. The number of rotatable bonds is 8. The van der Waals surface area contributed by atoms with Gasteiger partial charge in [-0.05, 0) is 42.8 Å². The number of halogens is 1. The minimum absolute atomic E-state index is 0.0664. The van der Waals surface area contributed by atoms with E-state index in [-0.39, 0.29) is 25.7 Å². The normalized spacial score (nSPS) is 14.2. The van der Waals surface area contributed by atoms with Gasteiger partial charge in [-0.3, -0.25) is 24.2 Å². The van der Waals surface area contributed by atoms with Crippen LogP contribution in [0.25, 0.3) is 0 Å². The Balaban J connectivity index is 1.53. The summed E-state index contributed by atoms with van der Waals surface area (Å²) in [5.74, 6) is -2.05. The molecule has 0 saturated carbocycles. The van der Waals surface area contributed by atoms with Gasteiger partial charge in [0.05, 0.1) is 13.2 Å². The number of carbonyl (C=O) groups is 4. The van der Waals surface area contributed by atoms with Crippen molar-refractivity contribution in [1.82, 2.24) is 14.7 Å². The van der Waals surface area contributed by atoms with Crippen LogP contribution in [0.4, 0.5) is 10.5 Å². The molecule has 5 amide bonds. The third-order valence-corrected chi connectivity index (χ3v) is 5.41. The van der Waals surface area contributed by atoms with Gasteiger partial charge >= 0.3 is 17.8 Å². The van der Waals surface area contributed by atoms with Crippen LogP contribution in [0.15, 0.2) is 41.8 Å². The molecule has 0 spiro atoms. The zero-order valence-electron chi connectivity index (χ0n) is 15.6. The predicted molar refractivity (Wildman–Crippen MR) is 110 cm³/mol. The molecule has 2 aromatic rings. The van der Waals surface area contributed by atoms with Gasteiger partial charge in [-0.2, -0.15) is 0 Å². The smallest absolute Gasteiger partial charge is 0.325 e. The fourth-order valence-corrected chi connectivity index (χ4v) is 3.64. The molecule has 0 atom stereocenters. The van der Waals surface area contributed by atoms with Crippen molar-refractivity contribution < 1.29 is 19.2 Å². The standard InChI is InChI=1S/C19H19ClN4O4S/c1-22(11-16(25)21-14-6-4-13(20)5-7-14)12-24-18(27)17(26)23(19(24)28)9-8-15-3-2-10-29-15/h2-7,10H,8-9,11-12H2,1H3,(H,21,25). The minimum Gasteiger partial charge on any atom is -0.325 e. The molecular weight excluding hydrogens is 416 g/mol. The molecule has 10 heteroatoms. The Morgan fingerprint density at radius 3 is 2.45 bits per heavy atom. The lowest BCUT2D eigenvalue weighted by Crippen LogP contribution is -2.43. The first-order chi connectivity index (χ1) is 13.8. The van der Waals surface area contributed by atoms with Crippen molar-refractivity contribution in [3.8, 4) is 0 Å². The molecule has 0 aliphatic carbocycles. The maximum atomic E-state index is 12.5. The number of carbonyl (C=O) groups excluding carboxylic acids is 4. The van der Waals surface area contributed by atoms with Crippen LogP contribution < -0.4 is 5.32 Å². The summed E-state index contributed by atoms with van der Waals surface area (Å²) in [6, 6.07) is 9.76. The molecule has 8 nitrogen and oxygen atoms in total. The number of nitrogens with zero attached hydrogens (tertiary/aromatic N) is 3. The molecule has 1 aromatic heterocycles. The topological polar surface area (TPSA) is 90.0 Å². The van der Waals surface area contributed by atoms with Crippen LogP contribution in [0.5, 0.6) is 0 Å². The highest BCUT2D eigenvalue weighted by molar-refractivity contribution is 7.09. The number of imide groups is 2. The van der Waals surface area contributed by atoms with E-state index in [2.05, 4.69) is 5.32 Å². The Bertz CT molecular complexity index is 917. The lowest BCUT2D eigenvalue weighted by molar-refractivity contribution is -0.143. The monoisotopic (exact) mass is 434 g/mol. The van der Waals surface area contributed by atoms with Crippen molar-refractivity contribution >= 4 is 52.4 Å². The van der Waals surface area contributed by atoms with Gasteiger partial charge in [0.2, 0.25) is 5.91 Å². The SMILES string of the molecule is CN(CC(=O)Nc1ccc(Cl)cc1)CN1C(=O)C(=O)N(CCc2cccs2)C1=O. The Kier molecular flexibility index (Phi) is 6.63. The zero-order chi connectivity index (χ0) is 21.0. The Hall–Kier alpha value is -2.75. The fraction of sp³-hybridized carbons (Fsp3) is 0.263. The zero-order valence-corrected chi connectivity index (χ0v) is 17.2. The van der Waals surface area contributed by atoms with Crippen LogP contribution in [0, 0.1) is 0 Å². The Morgan fingerprint density at radius 2 is 1.79 bits per heavy atom. The molecule has 1 aliphatic rings. The van der Waals surface area contributed by atoms with Gasteiger partial charge in [-0.25, -0.2) is 9.69 Å². The average molecular weight is 435 g/mol. The molecule has 1 fully saturated rings. The van der Waals surface area contributed by atoms with E-state index in [9.17, 15) is 19.2 Å². The van der Waals surface area contributed by atoms with E-state index in [1.807, 2.05) is 17.5 Å². The van der Waals surface area contributed by atoms with Gasteiger partial charge in [0.1, 0.15) is 0 Å². The molecule has 3 rings (SSSR count). The second-order valence-electron chi connectivity index (χ2n) is 6.51. The van der Waals surface area contributed by atoms with Gasteiger partial charge in [-0.15, -0.1) is 11.3 Å². The summed E-state index contributed by atoms with van der Waals surface area (Å²) in [7, 11) is 1.58. The Morgan fingerprint density at radius 1 is 1.10 bits per heavy atom. The third-order valence-electron chi connectivity index (χ3n) is 4.22. The highest BCUT2D eigenvalue weighted by atomic mass is 35.5. The first-order valence-electron chi connectivity index (χ1n) is 8.79. The van der Waals surface area contributed by atoms with E-state index >= 15 is 0 Å². The average Bonchev–Trinajstić information content (AvgIpc) is 3.26. The number of urea groups is 1. The highest BCUT2D eigenvalue weighted by Gasteiger charge is 2.44. The summed E-state index contributed by atoms with van der Waals surface area (Å²) in [5, 5.41) is 5.16. The number of hydrogen-bond donors (Lipinski definition) is 1. The van der Waals surface area contributed by atoms with Gasteiger partial charge < -0.3 is 5.32 Å². The van der Waals surface area contributed by atoms with Gasteiger partial charge in [-0.1, -0.05) is 17.7 Å². The summed E-state index contributed by atoms with van der Waals surface area (Å²) in [4.78, 5) is 53.3. The quantitative estimate of drug-likeness (QED) is 0.508. The van der Waals surface area contributed by atoms with Crippen LogP contribution in [0.3, 0.4) is 0 Å². The molecular formula is C19H19ClN4O4S. The largest absolute Gasteiger partial charge is 0.335 e. The van der Waals surface area contributed by atoms with E-state index in [1.165, 1.54) is 16.2 Å². The van der Waals surface area contributed by atoms with Crippen LogP contribution in [-0.2, 0) is 20.8 Å². The molecule has 152 valence electrons. The third kappa shape index (κ3) is 5.20. The van der Waals surface area contributed by atoms with Crippen LogP contribution in [0.1, 0.15) is 4.88 Å². The van der Waals surface area contributed by atoms with Crippen molar-refractivity contribution in [2.24, 2.45) is 0 Å². The molecule has 0 bridgehead atoms. The van der Waals surface area contributed by atoms with E-state index in [0.29, 0.717) is 17.1 Å². The molecule has 1 saturated heterocycles. The summed E-state index contributed by atoms with van der Waals surface area (Å²) in [5.41, 5.74) is 0.580. The number of amides is 5. The number of anilines is 1. The maximum Gasteiger partial charge on any atom is 0.335 e. The summed E-state index contributed by atoms with van der Waals surface area (Å²) >= 11 is 7.33. The molecule has 2 heterocycles. The second kappa shape index (κ2) is 9.17. The van der Waals surface area contributed by atoms with Crippen LogP contribution in [0.2, 0.25) is 5.02 Å². The van der Waals surface area contributed by atoms with Crippen LogP contribution in [-0.4, -0.2) is 65.3 Å². The van der Waals surface area contributed by atoms with E-state index in [1.54, 1.807) is 31.3 Å². The van der Waals surface area contributed by atoms with Crippen LogP contribution >= 0.6 is 22.9 Å². The van der Waals surface area contributed by atoms with Crippen molar-refractivity contribution in [3.63, 3.8) is 0 Å². The number of likely N-dealkylation sites (N-methyl/N-ethyl adjacent to an activating group) is 1. The van der Waals surface area contributed by atoms with Gasteiger partial charge in [0.15, 0.2) is 0 Å². The van der Waals surface area contributed by atoms with E-state index < -0.39 is 17.8 Å². The van der Waals surface area contributed by atoms with E-state index in [0.717, 1.165) is 14.7 Å². The molecule has 1 aliphatic heterocycles. The summed E-state index contributed by atoms with van der Waals surface area (Å²) < 4.78 is 0. The molecule has 1 aromatic carbocycles.